The van der Waals surface area contributed by atoms with Crippen molar-refractivity contribution in [2.45, 2.75) is 19.1 Å². The van der Waals surface area contributed by atoms with Crippen LogP contribution in [0.25, 0.3) is 10.8 Å². The third kappa shape index (κ3) is 4.33. The van der Waals surface area contributed by atoms with Crippen molar-refractivity contribution in [2.24, 2.45) is 0 Å². The predicted molar refractivity (Wildman–Crippen MR) is 103 cm³/mol. The summed E-state index contributed by atoms with van der Waals surface area (Å²) in [5.74, 6) is -1.15. The molecule has 0 aromatic heterocycles. The number of esters is 1. The van der Waals surface area contributed by atoms with Crippen molar-refractivity contribution in [1.82, 2.24) is 5.32 Å². The number of ether oxygens (including phenoxy) is 1. The zero-order chi connectivity index (χ0) is 19.2. The molecule has 3 rings (SSSR count). The van der Waals surface area contributed by atoms with Gasteiger partial charge in [0.15, 0.2) is 6.10 Å². The summed E-state index contributed by atoms with van der Waals surface area (Å²) in [7, 11) is 0. The van der Waals surface area contributed by atoms with Crippen molar-refractivity contribution in [3.8, 4) is 0 Å². The topological polar surface area (TPSA) is 75.6 Å². The molecule has 3 aromatic rings. The molecule has 5 nitrogen and oxygen atoms in total. The fraction of sp³-hybridized carbons (Fsp3) is 0.182. The van der Waals surface area contributed by atoms with Crippen LogP contribution in [-0.2, 0) is 9.53 Å². The van der Waals surface area contributed by atoms with Crippen LogP contribution >= 0.6 is 0 Å². The van der Waals surface area contributed by atoms with Crippen LogP contribution in [0, 0.1) is 0 Å². The minimum absolute atomic E-state index is 0.149. The predicted octanol–water partition coefficient (Wildman–Crippen LogP) is 3.23. The van der Waals surface area contributed by atoms with Crippen molar-refractivity contribution in [2.75, 3.05) is 6.61 Å². The molecular weight excluding hydrogens is 342 g/mol. The molecule has 0 bridgehead atoms. The Kier molecular flexibility index (Phi) is 5.84. The first-order valence-corrected chi connectivity index (χ1v) is 8.79. The van der Waals surface area contributed by atoms with Gasteiger partial charge in [-0.15, -0.1) is 0 Å². The smallest absolute Gasteiger partial charge is 0.337 e. The number of benzene rings is 3. The van der Waals surface area contributed by atoms with Crippen molar-refractivity contribution < 1.29 is 19.4 Å². The van der Waals surface area contributed by atoms with E-state index in [4.69, 9.17) is 4.74 Å². The standard InChI is InChI=1S/C22H21NO4/c1-2-27-22(26)20(24)19(16-9-4-3-5-10-16)23-21(25)18-13-12-15-8-6-7-11-17(15)14-18/h3-14,19-20,24H,2H2,1H3,(H,23,25)/t19-,20-/m0/s1. The van der Waals surface area contributed by atoms with E-state index in [1.54, 1.807) is 43.3 Å². The Balaban J connectivity index is 1.88. The number of rotatable bonds is 6. The molecule has 0 radical (unpaired) electrons. The van der Waals surface area contributed by atoms with Gasteiger partial charge in [-0.1, -0.05) is 60.7 Å². The number of hydrogen-bond acceptors (Lipinski definition) is 4. The number of nitrogens with one attached hydrogen (secondary N) is 1. The lowest BCUT2D eigenvalue weighted by molar-refractivity contribution is -0.154. The SMILES string of the molecule is CCOC(=O)[C@@H](O)[C@@H](NC(=O)c1ccc2ccccc2c1)c1ccccc1. The quantitative estimate of drug-likeness (QED) is 0.659. The summed E-state index contributed by atoms with van der Waals surface area (Å²) >= 11 is 0. The Morgan fingerprint density at radius 1 is 0.963 bits per heavy atom. The summed E-state index contributed by atoms with van der Waals surface area (Å²) in [5.41, 5.74) is 1.07. The van der Waals surface area contributed by atoms with E-state index in [1.807, 2.05) is 36.4 Å². The Bertz CT molecular complexity index is 939. The first-order chi connectivity index (χ1) is 13.1. The minimum atomic E-state index is -1.50. The molecule has 138 valence electrons. The monoisotopic (exact) mass is 363 g/mol. The average Bonchev–Trinajstić information content (AvgIpc) is 2.71. The fourth-order valence-electron chi connectivity index (χ4n) is 2.92. The van der Waals surface area contributed by atoms with E-state index >= 15 is 0 Å². The molecule has 5 heteroatoms. The van der Waals surface area contributed by atoms with Crippen molar-refractivity contribution in [3.05, 3.63) is 83.9 Å². The van der Waals surface area contributed by atoms with Gasteiger partial charge in [0, 0.05) is 5.56 Å². The van der Waals surface area contributed by atoms with Crippen LogP contribution in [0.1, 0.15) is 28.9 Å². The lowest BCUT2D eigenvalue weighted by atomic mass is 10.00. The second-order valence-electron chi connectivity index (χ2n) is 6.12. The van der Waals surface area contributed by atoms with Gasteiger partial charge in [-0.3, -0.25) is 4.79 Å². The van der Waals surface area contributed by atoms with E-state index in [2.05, 4.69) is 5.32 Å². The highest BCUT2D eigenvalue weighted by atomic mass is 16.5. The van der Waals surface area contributed by atoms with Gasteiger partial charge in [0.2, 0.25) is 0 Å². The maximum Gasteiger partial charge on any atom is 0.337 e. The van der Waals surface area contributed by atoms with Gasteiger partial charge in [0.05, 0.1) is 12.6 Å². The summed E-state index contributed by atoms with van der Waals surface area (Å²) in [5, 5.41) is 15.2. The molecule has 0 aliphatic heterocycles. The van der Waals surface area contributed by atoms with Gasteiger partial charge in [-0.05, 0) is 35.4 Å². The molecule has 0 heterocycles. The third-order valence-electron chi connectivity index (χ3n) is 4.30. The lowest BCUT2D eigenvalue weighted by Crippen LogP contribution is -2.41. The van der Waals surface area contributed by atoms with Crippen LogP contribution in [0.3, 0.4) is 0 Å². The summed E-state index contributed by atoms with van der Waals surface area (Å²) in [6, 6.07) is 21.1. The van der Waals surface area contributed by atoms with Crippen LogP contribution in [-0.4, -0.2) is 29.7 Å². The molecule has 0 saturated carbocycles. The fourth-order valence-corrected chi connectivity index (χ4v) is 2.92. The van der Waals surface area contributed by atoms with Crippen LogP contribution in [0.2, 0.25) is 0 Å². The van der Waals surface area contributed by atoms with Crippen molar-refractivity contribution >= 4 is 22.6 Å². The van der Waals surface area contributed by atoms with E-state index in [1.165, 1.54) is 0 Å². The van der Waals surface area contributed by atoms with Gasteiger partial charge >= 0.3 is 5.97 Å². The minimum Gasteiger partial charge on any atom is -0.464 e. The van der Waals surface area contributed by atoms with Crippen LogP contribution < -0.4 is 5.32 Å². The van der Waals surface area contributed by atoms with Crippen molar-refractivity contribution in [1.29, 1.82) is 0 Å². The van der Waals surface area contributed by atoms with Crippen molar-refractivity contribution in [3.63, 3.8) is 0 Å². The van der Waals surface area contributed by atoms with Gasteiger partial charge in [0.25, 0.3) is 5.91 Å². The number of aliphatic hydroxyl groups excluding tert-OH is 1. The van der Waals surface area contributed by atoms with Gasteiger partial charge in [-0.2, -0.15) is 0 Å². The molecule has 0 unspecified atom stereocenters. The third-order valence-corrected chi connectivity index (χ3v) is 4.30. The first-order valence-electron chi connectivity index (χ1n) is 8.79. The lowest BCUT2D eigenvalue weighted by Gasteiger charge is -2.23. The molecule has 0 fully saturated rings. The normalized spacial score (nSPS) is 13.0. The Hall–Kier alpha value is -3.18. The number of fused-ring (bicyclic) bond motifs is 1. The van der Waals surface area contributed by atoms with Gasteiger partial charge in [0.1, 0.15) is 0 Å². The Morgan fingerprint density at radius 2 is 1.63 bits per heavy atom. The summed E-state index contributed by atoms with van der Waals surface area (Å²) in [6.45, 7) is 1.81. The van der Waals surface area contributed by atoms with Gasteiger partial charge < -0.3 is 15.2 Å². The molecule has 0 aliphatic carbocycles. The molecule has 1 amide bonds. The van der Waals surface area contributed by atoms with Crippen LogP contribution in [0.15, 0.2) is 72.8 Å². The molecule has 2 N–H and O–H groups in total. The molecular formula is C22H21NO4. The number of carbonyl (C=O) groups is 2. The zero-order valence-electron chi connectivity index (χ0n) is 15.0. The first kappa shape index (κ1) is 18.6. The average molecular weight is 363 g/mol. The zero-order valence-corrected chi connectivity index (χ0v) is 15.0. The maximum absolute atomic E-state index is 12.8. The summed E-state index contributed by atoms with van der Waals surface area (Å²) in [6.07, 6.45) is -1.50. The molecule has 3 aromatic carbocycles. The van der Waals surface area contributed by atoms with E-state index in [0.717, 1.165) is 10.8 Å². The van der Waals surface area contributed by atoms with Crippen LogP contribution in [0.5, 0.6) is 0 Å². The highest BCUT2D eigenvalue weighted by Crippen LogP contribution is 2.20. The second-order valence-corrected chi connectivity index (χ2v) is 6.12. The number of carbonyl (C=O) groups excluding carboxylic acids is 2. The molecule has 0 spiro atoms. The van der Waals surface area contributed by atoms with E-state index in [9.17, 15) is 14.7 Å². The number of amides is 1. The van der Waals surface area contributed by atoms with Crippen LogP contribution in [0.4, 0.5) is 0 Å². The Labute approximate surface area is 157 Å². The molecule has 0 saturated heterocycles. The van der Waals surface area contributed by atoms with E-state index < -0.39 is 18.1 Å². The number of aliphatic hydroxyl groups is 1. The summed E-state index contributed by atoms with van der Waals surface area (Å²) < 4.78 is 4.91. The number of hydrogen-bond donors (Lipinski definition) is 2. The Morgan fingerprint density at radius 3 is 2.33 bits per heavy atom. The summed E-state index contributed by atoms with van der Waals surface area (Å²) in [4.78, 5) is 24.8. The molecule has 27 heavy (non-hydrogen) atoms. The highest BCUT2D eigenvalue weighted by Gasteiger charge is 2.30. The highest BCUT2D eigenvalue weighted by molar-refractivity contribution is 5.99. The molecule has 0 aliphatic rings. The molecule has 2 atom stereocenters. The van der Waals surface area contributed by atoms with Gasteiger partial charge in [-0.25, -0.2) is 4.79 Å². The largest absolute Gasteiger partial charge is 0.464 e. The van der Waals surface area contributed by atoms with E-state index in [0.29, 0.717) is 11.1 Å². The second kappa shape index (κ2) is 8.47. The van der Waals surface area contributed by atoms with E-state index in [-0.39, 0.29) is 12.5 Å². The maximum atomic E-state index is 12.8.